The molecule has 1 radical (unpaired) electrons. The minimum atomic E-state index is -0.816. The molecular weight excluding hydrogens is 228 g/mol. The van der Waals surface area contributed by atoms with E-state index in [1.54, 1.807) is 0 Å². The van der Waals surface area contributed by atoms with E-state index in [0.29, 0.717) is 0 Å². The highest BCUT2D eigenvalue weighted by molar-refractivity contribution is 6.67. The van der Waals surface area contributed by atoms with Crippen LogP contribution in [0.4, 0.5) is 0 Å². The third-order valence-corrected chi connectivity index (χ3v) is 4.97. The fourth-order valence-corrected chi connectivity index (χ4v) is 3.66. The zero-order valence-electron chi connectivity index (χ0n) is 10.9. The number of hydrogen-bond donors (Lipinski definition) is 0. The van der Waals surface area contributed by atoms with Crippen LogP contribution in [0.25, 0.3) is 0 Å². The van der Waals surface area contributed by atoms with Gasteiger partial charge in [0.1, 0.15) is 0 Å². The van der Waals surface area contributed by atoms with E-state index in [0.717, 1.165) is 26.2 Å². The summed E-state index contributed by atoms with van der Waals surface area (Å²) in [4.78, 5) is 0. The van der Waals surface area contributed by atoms with Crippen LogP contribution in [-0.2, 0) is 9.16 Å². The molecule has 0 spiro atoms. The van der Waals surface area contributed by atoms with Gasteiger partial charge in [-0.05, 0) is 24.6 Å². The van der Waals surface area contributed by atoms with E-state index in [1.807, 2.05) is 6.92 Å². The third-order valence-electron chi connectivity index (χ3n) is 2.49. The van der Waals surface area contributed by atoms with Crippen LogP contribution < -0.4 is 5.19 Å². The van der Waals surface area contributed by atoms with Gasteiger partial charge in [0.15, 0.2) is 0 Å². The van der Waals surface area contributed by atoms with Gasteiger partial charge >= 0.3 is 0 Å². The summed E-state index contributed by atoms with van der Waals surface area (Å²) in [6.07, 6.45) is 2.19. The molecule has 0 aliphatic rings. The van der Waals surface area contributed by atoms with Crippen molar-refractivity contribution in [1.29, 1.82) is 0 Å². The first-order valence-electron chi connectivity index (χ1n) is 6.50. The van der Waals surface area contributed by atoms with Crippen molar-refractivity contribution >= 4 is 14.2 Å². The van der Waals surface area contributed by atoms with Crippen molar-refractivity contribution in [3.05, 3.63) is 30.3 Å². The van der Waals surface area contributed by atoms with Gasteiger partial charge in [0.2, 0.25) is 9.04 Å². The molecule has 1 rings (SSSR count). The molecular formula is C14H23O2Si. The second-order valence-corrected chi connectivity index (χ2v) is 6.15. The van der Waals surface area contributed by atoms with Crippen LogP contribution in [0.1, 0.15) is 26.7 Å². The summed E-state index contributed by atoms with van der Waals surface area (Å²) in [5, 5.41) is 1.38. The van der Waals surface area contributed by atoms with Crippen LogP contribution in [0.2, 0.25) is 6.04 Å². The lowest BCUT2D eigenvalue weighted by atomic mass is 10.4. The summed E-state index contributed by atoms with van der Waals surface area (Å²) in [5.74, 6) is 0. The normalized spacial score (nSPS) is 11.0. The number of rotatable bonds is 9. The standard InChI is InChI=1S/C14H23O2Si/c1-3-13-17(14-9-6-5-7-10-14)16-12-8-11-15-4-2/h5-7,9-10H,3-4,8,11-13H2,1-2H3. The number of hydrogen-bond acceptors (Lipinski definition) is 2. The van der Waals surface area contributed by atoms with E-state index in [-0.39, 0.29) is 0 Å². The van der Waals surface area contributed by atoms with Crippen molar-refractivity contribution in [1.82, 2.24) is 0 Å². The first-order chi connectivity index (χ1) is 8.38. The van der Waals surface area contributed by atoms with Crippen LogP contribution in [0.15, 0.2) is 30.3 Å². The molecule has 0 saturated heterocycles. The maximum absolute atomic E-state index is 6.04. The lowest BCUT2D eigenvalue weighted by Crippen LogP contribution is -2.33. The highest BCUT2D eigenvalue weighted by Gasteiger charge is 2.14. The molecule has 0 amide bonds. The number of ether oxygens (including phenoxy) is 1. The van der Waals surface area contributed by atoms with Gasteiger partial charge in [-0.25, -0.2) is 0 Å². The zero-order valence-corrected chi connectivity index (χ0v) is 11.9. The van der Waals surface area contributed by atoms with Crippen molar-refractivity contribution in [2.45, 2.75) is 32.7 Å². The molecule has 3 heteroatoms. The fraction of sp³-hybridized carbons (Fsp3) is 0.571. The first-order valence-corrected chi connectivity index (χ1v) is 8.11. The highest BCUT2D eigenvalue weighted by Crippen LogP contribution is 2.01. The Morgan fingerprint density at radius 2 is 1.82 bits per heavy atom. The second-order valence-electron chi connectivity index (χ2n) is 3.94. The predicted molar refractivity (Wildman–Crippen MR) is 74.0 cm³/mol. The van der Waals surface area contributed by atoms with Crippen LogP contribution in [0.5, 0.6) is 0 Å². The molecule has 0 aliphatic carbocycles. The molecule has 0 aliphatic heterocycles. The molecule has 0 N–H and O–H groups in total. The summed E-state index contributed by atoms with van der Waals surface area (Å²) in [7, 11) is -0.816. The van der Waals surface area contributed by atoms with Gasteiger partial charge in [-0.1, -0.05) is 43.7 Å². The quantitative estimate of drug-likeness (QED) is 0.496. The van der Waals surface area contributed by atoms with Crippen LogP contribution in [-0.4, -0.2) is 28.9 Å². The summed E-state index contributed by atoms with van der Waals surface area (Å²) < 4.78 is 11.3. The van der Waals surface area contributed by atoms with Gasteiger partial charge in [0.05, 0.1) is 0 Å². The maximum atomic E-state index is 6.04. The monoisotopic (exact) mass is 251 g/mol. The molecule has 95 valence electrons. The Kier molecular flexibility index (Phi) is 7.97. The molecule has 0 heterocycles. The molecule has 0 aromatic heterocycles. The topological polar surface area (TPSA) is 18.5 Å². The van der Waals surface area contributed by atoms with Gasteiger partial charge < -0.3 is 9.16 Å². The van der Waals surface area contributed by atoms with E-state index in [4.69, 9.17) is 9.16 Å². The van der Waals surface area contributed by atoms with Gasteiger partial charge in [-0.3, -0.25) is 0 Å². The van der Waals surface area contributed by atoms with E-state index in [2.05, 4.69) is 37.3 Å². The summed E-state index contributed by atoms with van der Waals surface area (Å²) in [6.45, 7) is 6.68. The van der Waals surface area contributed by atoms with Gasteiger partial charge in [-0.2, -0.15) is 0 Å². The minimum absolute atomic E-state index is 0.797. The second kappa shape index (κ2) is 9.39. The molecule has 1 aromatic rings. The van der Waals surface area contributed by atoms with E-state index in [1.165, 1.54) is 17.7 Å². The van der Waals surface area contributed by atoms with E-state index < -0.39 is 9.04 Å². The van der Waals surface area contributed by atoms with E-state index >= 15 is 0 Å². The average molecular weight is 251 g/mol. The SMILES string of the molecule is CCC[Si](OCCCOCC)c1ccccc1. The lowest BCUT2D eigenvalue weighted by Gasteiger charge is -2.15. The van der Waals surface area contributed by atoms with Crippen LogP contribution in [0, 0.1) is 0 Å². The molecule has 0 unspecified atom stereocenters. The van der Waals surface area contributed by atoms with Crippen molar-refractivity contribution in [3.63, 3.8) is 0 Å². The summed E-state index contributed by atoms with van der Waals surface area (Å²) in [6, 6.07) is 11.8. The van der Waals surface area contributed by atoms with Crippen LogP contribution in [0.3, 0.4) is 0 Å². The lowest BCUT2D eigenvalue weighted by molar-refractivity contribution is 0.131. The van der Waals surface area contributed by atoms with Gasteiger partial charge in [-0.15, -0.1) is 0 Å². The Morgan fingerprint density at radius 3 is 2.47 bits per heavy atom. The molecule has 1 aromatic carbocycles. The van der Waals surface area contributed by atoms with Gasteiger partial charge in [0.25, 0.3) is 0 Å². The maximum Gasteiger partial charge on any atom is 0.246 e. The van der Waals surface area contributed by atoms with Crippen LogP contribution >= 0.6 is 0 Å². The molecule has 2 nitrogen and oxygen atoms in total. The van der Waals surface area contributed by atoms with Crippen molar-refractivity contribution in [2.75, 3.05) is 19.8 Å². The third kappa shape index (κ3) is 6.01. The Bertz CT molecular complexity index is 277. The average Bonchev–Trinajstić information content (AvgIpc) is 2.38. The van der Waals surface area contributed by atoms with Crippen molar-refractivity contribution in [2.24, 2.45) is 0 Å². The van der Waals surface area contributed by atoms with E-state index in [9.17, 15) is 0 Å². The van der Waals surface area contributed by atoms with Crippen molar-refractivity contribution < 1.29 is 9.16 Å². The smallest absolute Gasteiger partial charge is 0.246 e. The molecule has 0 fully saturated rings. The Labute approximate surface area is 107 Å². The molecule has 0 atom stereocenters. The Hall–Kier alpha value is -0.643. The number of benzene rings is 1. The molecule has 0 saturated carbocycles. The zero-order chi connectivity index (χ0) is 12.3. The predicted octanol–water partition coefficient (Wildman–Crippen LogP) is 2.74. The van der Waals surface area contributed by atoms with Gasteiger partial charge in [0, 0.05) is 19.8 Å². The summed E-state index contributed by atoms with van der Waals surface area (Å²) >= 11 is 0. The fourth-order valence-electron chi connectivity index (χ4n) is 1.65. The Balaban J connectivity index is 2.33. The largest absolute Gasteiger partial charge is 0.412 e. The highest BCUT2D eigenvalue weighted by atomic mass is 28.3. The molecule has 0 bridgehead atoms. The first kappa shape index (κ1) is 14.4. The van der Waals surface area contributed by atoms with Crippen molar-refractivity contribution in [3.8, 4) is 0 Å². The summed E-state index contributed by atoms with van der Waals surface area (Å²) in [5.41, 5.74) is 0. The molecule has 17 heavy (non-hydrogen) atoms. The minimum Gasteiger partial charge on any atom is -0.412 e. The Morgan fingerprint density at radius 1 is 1.06 bits per heavy atom.